The van der Waals surface area contributed by atoms with E-state index >= 15 is 0 Å². The van der Waals surface area contributed by atoms with Gasteiger partial charge in [0, 0.05) is 18.7 Å². The summed E-state index contributed by atoms with van der Waals surface area (Å²) >= 11 is 0. The number of nitrogens with one attached hydrogen (secondary N) is 1. The molecule has 2 rings (SSSR count). The van der Waals surface area contributed by atoms with Crippen LogP contribution in [0.4, 0.5) is 4.39 Å². The molecule has 0 amide bonds. The van der Waals surface area contributed by atoms with Crippen molar-refractivity contribution in [2.24, 2.45) is 0 Å². The summed E-state index contributed by atoms with van der Waals surface area (Å²) in [6.07, 6.45) is -0.413. The summed E-state index contributed by atoms with van der Waals surface area (Å²) in [7, 11) is 1.59. The zero-order valence-electron chi connectivity index (χ0n) is 13.4. The van der Waals surface area contributed by atoms with E-state index in [2.05, 4.69) is 5.32 Å². The summed E-state index contributed by atoms with van der Waals surface area (Å²) in [5.74, 6) is 1.02. The first-order valence-corrected chi connectivity index (χ1v) is 7.52. The highest BCUT2D eigenvalue weighted by Gasteiger charge is 2.11. The summed E-state index contributed by atoms with van der Waals surface area (Å²) < 4.78 is 24.2. The lowest BCUT2D eigenvalue weighted by atomic mass is 10.1. The maximum atomic E-state index is 12.9. The number of aliphatic hydroxyl groups excluding tert-OH is 1. The zero-order valence-corrected chi connectivity index (χ0v) is 13.4. The van der Waals surface area contributed by atoms with E-state index in [0.717, 1.165) is 11.1 Å². The van der Waals surface area contributed by atoms with Crippen LogP contribution >= 0.6 is 0 Å². The molecule has 0 unspecified atom stereocenters. The molecule has 0 spiro atoms. The monoisotopic (exact) mass is 319 g/mol. The number of benzene rings is 2. The van der Waals surface area contributed by atoms with Gasteiger partial charge in [-0.25, -0.2) is 4.39 Å². The number of ether oxygens (including phenoxy) is 2. The maximum Gasteiger partial charge on any atom is 0.166 e. The molecule has 0 radical (unpaired) electrons. The first kappa shape index (κ1) is 17.2. The minimum absolute atomic E-state index is 0.269. The Bertz CT molecular complexity index is 614. The lowest BCUT2D eigenvalue weighted by Gasteiger charge is -2.16. The third-order valence-electron chi connectivity index (χ3n) is 3.33. The van der Waals surface area contributed by atoms with Gasteiger partial charge in [-0.2, -0.15) is 0 Å². The smallest absolute Gasteiger partial charge is 0.166 e. The number of halogens is 1. The van der Waals surface area contributed by atoms with E-state index in [1.54, 1.807) is 26.2 Å². The SMILES string of the molecule is COc1cccc(CNC[C@@H](C)O)c1OCc1ccc(F)cc1. The molecule has 2 N–H and O–H groups in total. The molecule has 5 heteroatoms. The first-order valence-electron chi connectivity index (χ1n) is 7.52. The van der Waals surface area contributed by atoms with Crippen LogP contribution in [0.2, 0.25) is 0 Å². The molecule has 0 aliphatic heterocycles. The van der Waals surface area contributed by atoms with Gasteiger partial charge < -0.3 is 19.9 Å². The van der Waals surface area contributed by atoms with Crippen molar-refractivity contribution in [3.63, 3.8) is 0 Å². The average molecular weight is 319 g/mol. The van der Waals surface area contributed by atoms with E-state index in [9.17, 15) is 9.50 Å². The Morgan fingerprint density at radius 1 is 1.17 bits per heavy atom. The number of methoxy groups -OCH3 is 1. The highest BCUT2D eigenvalue weighted by molar-refractivity contribution is 5.46. The van der Waals surface area contributed by atoms with Crippen molar-refractivity contribution in [2.75, 3.05) is 13.7 Å². The average Bonchev–Trinajstić information content (AvgIpc) is 2.54. The highest BCUT2D eigenvalue weighted by atomic mass is 19.1. The second kappa shape index (κ2) is 8.50. The Labute approximate surface area is 135 Å². The van der Waals surface area contributed by atoms with E-state index < -0.39 is 6.10 Å². The van der Waals surface area contributed by atoms with Gasteiger partial charge in [0.1, 0.15) is 12.4 Å². The largest absolute Gasteiger partial charge is 0.493 e. The Balaban J connectivity index is 2.09. The fourth-order valence-electron chi connectivity index (χ4n) is 2.18. The Morgan fingerprint density at radius 2 is 1.91 bits per heavy atom. The van der Waals surface area contributed by atoms with Gasteiger partial charge in [0.15, 0.2) is 11.5 Å². The second-order valence-corrected chi connectivity index (χ2v) is 5.34. The van der Waals surface area contributed by atoms with Gasteiger partial charge in [0.25, 0.3) is 0 Å². The van der Waals surface area contributed by atoms with E-state index in [-0.39, 0.29) is 5.82 Å². The standard InChI is InChI=1S/C18H22FNO3/c1-13(21)10-20-11-15-4-3-5-17(22-2)18(15)23-12-14-6-8-16(19)9-7-14/h3-9,13,20-21H,10-12H2,1-2H3/t13-/m1/s1. The Hall–Kier alpha value is -2.11. The van der Waals surface area contributed by atoms with Gasteiger partial charge in [-0.15, -0.1) is 0 Å². The fourth-order valence-corrected chi connectivity index (χ4v) is 2.18. The van der Waals surface area contributed by atoms with Crippen molar-refractivity contribution in [1.29, 1.82) is 0 Å². The molecule has 23 heavy (non-hydrogen) atoms. The molecule has 1 atom stereocenters. The van der Waals surface area contributed by atoms with Gasteiger partial charge in [0.05, 0.1) is 13.2 Å². The molecule has 2 aromatic rings. The molecule has 0 saturated heterocycles. The molecule has 0 heterocycles. The molecule has 124 valence electrons. The summed E-state index contributed by atoms with van der Waals surface area (Å²) in [5, 5.41) is 12.5. The van der Waals surface area contributed by atoms with Gasteiger partial charge in [-0.1, -0.05) is 24.3 Å². The molecule has 4 nitrogen and oxygen atoms in total. The molecule has 0 aliphatic rings. The lowest BCUT2D eigenvalue weighted by Crippen LogP contribution is -2.24. The molecular formula is C18H22FNO3. The van der Waals surface area contributed by atoms with E-state index in [1.165, 1.54) is 12.1 Å². The minimum Gasteiger partial charge on any atom is -0.493 e. The summed E-state index contributed by atoms with van der Waals surface area (Å²) in [6, 6.07) is 11.9. The fraction of sp³-hybridized carbons (Fsp3) is 0.333. The van der Waals surface area contributed by atoms with Gasteiger partial charge in [-0.05, 0) is 30.7 Å². The van der Waals surface area contributed by atoms with Crippen molar-refractivity contribution in [2.45, 2.75) is 26.2 Å². The lowest BCUT2D eigenvalue weighted by molar-refractivity contribution is 0.190. The predicted molar refractivity (Wildman–Crippen MR) is 87.1 cm³/mol. The number of rotatable bonds is 8. The number of para-hydroxylation sites is 1. The van der Waals surface area contributed by atoms with E-state index in [1.807, 2.05) is 18.2 Å². The second-order valence-electron chi connectivity index (χ2n) is 5.34. The van der Waals surface area contributed by atoms with Crippen molar-refractivity contribution < 1.29 is 19.0 Å². The summed E-state index contributed by atoms with van der Waals surface area (Å²) in [6.45, 7) is 3.10. The van der Waals surface area contributed by atoms with Crippen LogP contribution in [-0.4, -0.2) is 24.9 Å². The van der Waals surface area contributed by atoms with Crippen molar-refractivity contribution in [1.82, 2.24) is 5.32 Å². The van der Waals surface area contributed by atoms with Crippen LogP contribution < -0.4 is 14.8 Å². The molecule has 0 aliphatic carbocycles. The van der Waals surface area contributed by atoms with Gasteiger partial charge in [0.2, 0.25) is 0 Å². The highest BCUT2D eigenvalue weighted by Crippen LogP contribution is 2.31. The van der Waals surface area contributed by atoms with Crippen LogP contribution in [0, 0.1) is 5.82 Å². The minimum atomic E-state index is -0.413. The van der Waals surface area contributed by atoms with Crippen molar-refractivity contribution >= 4 is 0 Å². The normalized spacial score (nSPS) is 12.0. The van der Waals surface area contributed by atoms with E-state index in [0.29, 0.717) is 31.2 Å². The Kier molecular flexibility index (Phi) is 6.38. The van der Waals surface area contributed by atoms with Crippen LogP contribution in [-0.2, 0) is 13.2 Å². The topological polar surface area (TPSA) is 50.7 Å². The third-order valence-corrected chi connectivity index (χ3v) is 3.33. The van der Waals surface area contributed by atoms with Gasteiger partial charge >= 0.3 is 0 Å². The molecule has 0 fully saturated rings. The van der Waals surface area contributed by atoms with Crippen LogP contribution in [0.25, 0.3) is 0 Å². The molecular weight excluding hydrogens is 297 g/mol. The number of hydrogen-bond donors (Lipinski definition) is 2. The first-order chi connectivity index (χ1) is 11.1. The van der Waals surface area contributed by atoms with Crippen LogP contribution in [0.5, 0.6) is 11.5 Å². The summed E-state index contributed by atoms with van der Waals surface area (Å²) in [5.41, 5.74) is 1.81. The van der Waals surface area contributed by atoms with Crippen LogP contribution in [0.15, 0.2) is 42.5 Å². The molecule has 0 bridgehead atoms. The molecule has 0 saturated carbocycles. The Morgan fingerprint density at radius 3 is 2.57 bits per heavy atom. The quantitative estimate of drug-likeness (QED) is 0.785. The van der Waals surface area contributed by atoms with Crippen molar-refractivity contribution in [3.05, 3.63) is 59.4 Å². The molecule has 2 aromatic carbocycles. The predicted octanol–water partition coefficient (Wildman–Crippen LogP) is 2.88. The van der Waals surface area contributed by atoms with Crippen LogP contribution in [0.1, 0.15) is 18.1 Å². The molecule has 0 aromatic heterocycles. The van der Waals surface area contributed by atoms with Crippen LogP contribution in [0.3, 0.4) is 0 Å². The van der Waals surface area contributed by atoms with Crippen molar-refractivity contribution in [3.8, 4) is 11.5 Å². The number of hydrogen-bond acceptors (Lipinski definition) is 4. The maximum absolute atomic E-state index is 12.9. The van der Waals surface area contributed by atoms with Gasteiger partial charge in [-0.3, -0.25) is 0 Å². The third kappa shape index (κ3) is 5.23. The van der Waals surface area contributed by atoms with E-state index in [4.69, 9.17) is 9.47 Å². The summed E-state index contributed by atoms with van der Waals surface area (Å²) in [4.78, 5) is 0. The number of aliphatic hydroxyl groups is 1. The zero-order chi connectivity index (χ0) is 16.7.